The van der Waals surface area contributed by atoms with E-state index in [9.17, 15) is 0 Å². The SMILES string of the molecule is CNc1ncc(-c2ccc(OC)c(C)c2C)[nH]1. The van der Waals surface area contributed by atoms with Crippen LogP contribution in [0, 0.1) is 13.8 Å². The lowest BCUT2D eigenvalue weighted by Crippen LogP contribution is -1.93. The third-order valence-electron chi connectivity index (χ3n) is 3.06. The Labute approximate surface area is 101 Å². The molecule has 0 saturated carbocycles. The van der Waals surface area contributed by atoms with Crippen LogP contribution in [0.4, 0.5) is 5.95 Å². The van der Waals surface area contributed by atoms with Crippen LogP contribution in [0.5, 0.6) is 5.75 Å². The third-order valence-corrected chi connectivity index (χ3v) is 3.06. The number of rotatable bonds is 3. The molecule has 0 aliphatic heterocycles. The predicted octanol–water partition coefficient (Wildman–Crippen LogP) is 2.74. The average molecular weight is 231 g/mol. The van der Waals surface area contributed by atoms with Crippen LogP contribution in [0.2, 0.25) is 0 Å². The van der Waals surface area contributed by atoms with Gasteiger partial charge in [-0.1, -0.05) is 0 Å². The molecule has 0 spiro atoms. The molecule has 4 nitrogen and oxygen atoms in total. The lowest BCUT2D eigenvalue weighted by molar-refractivity contribution is 0.411. The molecule has 0 fully saturated rings. The van der Waals surface area contributed by atoms with E-state index in [-0.39, 0.29) is 0 Å². The van der Waals surface area contributed by atoms with E-state index in [1.54, 1.807) is 7.11 Å². The summed E-state index contributed by atoms with van der Waals surface area (Å²) in [6.45, 7) is 4.15. The molecule has 0 atom stereocenters. The fourth-order valence-corrected chi connectivity index (χ4v) is 1.89. The minimum absolute atomic E-state index is 0.771. The highest BCUT2D eigenvalue weighted by Crippen LogP contribution is 2.30. The predicted molar refractivity (Wildman–Crippen MR) is 69.6 cm³/mol. The quantitative estimate of drug-likeness (QED) is 0.854. The van der Waals surface area contributed by atoms with Crippen LogP contribution in [0.3, 0.4) is 0 Å². The second-order valence-electron chi connectivity index (χ2n) is 3.96. The molecule has 1 aromatic heterocycles. The molecule has 0 aliphatic carbocycles. The molecule has 1 aromatic carbocycles. The van der Waals surface area contributed by atoms with Crippen LogP contribution in [0.25, 0.3) is 11.3 Å². The highest BCUT2D eigenvalue weighted by Gasteiger charge is 2.10. The number of H-pyrrole nitrogens is 1. The number of anilines is 1. The van der Waals surface area contributed by atoms with E-state index in [1.807, 2.05) is 25.4 Å². The monoisotopic (exact) mass is 231 g/mol. The molecular weight excluding hydrogens is 214 g/mol. The van der Waals surface area contributed by atoms with Crippen molar-refractivity contribution < 1.29 is 4.74 Å². The maximum Gasteiger partial charge on any atom is 0.200 e. The molecule has 4 heteroatoms. The Morgan fingerprint density at radius 3 is 2.59 bits per heavy atom. The fourth-order valence-electron chi connectivity index (χ4n) is 1.89. The number of hydrogen-bond acceptors (Lipinski definition) is 3. The van der Waals surface area contributed by atoms with Crippen molar-refractivity contribution in [2.24, 2.45) is 0 Å². The first-order chi connectivity index (χ1) is 8.17. The summed E-state index contributed by atoms with van der Waals surface area (Å²) in [6, 6.07) is 4.03. The first-order valence-electron chi connectivity index (χ1n) is 5.54. The number of aromatic nitrogens is 2. The molecule has 0 saturated heterocycles. The minimum Gasteiger partial charge on any atom is -0.496 e. The van der Waals surface area contributed by atoms with Crippen LogP contribution in [0.15, 0.2) is 18.3 Å². The summed E-state index contributed by atoms with van der Waals surface area (Å²) >= 11 is 0. The Morgan fingerprint density at radius 2 is 2.00 bits per heavy atom. The topological polar surface area (TPSA) is 49.9 Å². The van der Waals surface area contributed by atoms with Crippen LogP contribution in [0.1, 0.15) is 11.1 Å². The van der Waals surface area contributed by atoms with Crippen molar-refractivity contribution in [1.29, 1.82) is 0 Å². The van der Waals surface area contributed by atoms with Crippen LogP contribution < -0.4 is 10.1 Å². The van der Waals surface area contributed by atoms with Crippen molar-refractivity contribution in [3.05, 3.63) is 29.5 Å². The molecule has 0 radical (unpaired) electrons. The number of ether oxygens (including phenoxy) is 1. The van der Waals surface area contributed by atoms with Gasteiger partial charge in [0.05, 0.1) is 19.0 Å². The van der Waals surface area contributed by atoms with E-state index in [0.29, 0.717) is 0 Å². The lowest BCUT2D eigenvalue weighted by atomic mass is 10.0. The van der Waals surface area contributed by atoms with Crippen molar-refractivity contribution in [3.63, 3.8) is 0 Å². The normalized spacial score (nSPS) is 10.4. The van der Waals surface area contributed by atoms with Gasteiger partial charge in [0.15, 0.2) is 5.95 Å². The minimum atomic E-state index is 0.771. The molecule has 0 bridgehead atoms. The van der Waals surface area contributed by atoms with E-state index >= 15 is 0 Å². The summed E-state index contributed by atoms with van der Waals surface area (Å²) in [4.78, 5) is 7.45. The summed E-state index contributed by atoms with van der Waals surface area (Å²) in [5.41, 5.74) is 4.52. The molecule has 2 rings (SSSR count). The zero-order valence-corrected chi connectivity index (χ0v) is 10.6. The summed E-state index contributed by atoms with van der Waals surface area (Å²) in [7, 11) is 3.53. The number of nitrogens with zero attached hydrogens (tertiary/aromatic N) is 1. The Balaban J connectivity index is 2.49. The number of aromatic amines is 1. The molecule has 2 N–H and O–H groups in total. The van der Waals surface area contributed by atoms with Crippen molar-refractivity contribution in [2.45, 2.75) is 13.8 Å². The second-order valence-corrected chi connectivity index (χ2v) is 3.96. The van der Waals surface area contributed by atoms with Crippen molar-refractivity contribution in [3.8, 4) is 17.0 Å². The molecule has 90 valence electrons. The van der Waals surface area contributed by atoms with Gasteiger partial charge in [0.1, 0.15) is 5.75 Å². The average Bonchev–Trinajstić information content (AvgIpc) is 2.81. The largest absolute Gasteiger partial charge is 0.496 e. The highest BCUT2D eigenvalue weighted by molar-refractivity contribution is 5.67. The number of hydrogen-bond donors (Lipinski definition) is 2. The maximum atomic E-state index is 5.30. The first kappa shape index (κ1) is 11.5. The number of benzene rings is 1. The van der Waals surface area contributed by atoms with Gasteiger partial charge in [0.2, 0.25) is 0 Å². The fraction of sp³-hybridized carbons (Fsp3) is 0.308. The van der Waals surface area contributed by atoms with Crippen LogP contribution in [-0.4, -0.2) is 24.1 Å². The lowest BCUT2D eigenvalue weighted by Gasteiger charge is -2.11. The van der Waals surface area contributed by atoms with E-state index < -0.39 is 0 Å². The Kier molecular flexibility index (Phi) is 3.04. The zero-order chi connectivity index (χ0) is 12.4. The van der Waals surface area contributed by atoms with Gasteiger partial charge in [-0.25, -0.2) is 4.98 Å². The van der Waals surface area contributed by atoms with Gasteiger partial charge < -0.3 is 15.0 Å². The Bertz CT molecular complexity index is 531. The van der Waals surface area contributed by atoms with E-state index in [1.165, 1.54) is 5.56 Å². The van der Waals surface area contributed by atoms with Crippen LogP contribution >= 0.6 is 0 Å². The van der Waals surface area contributed by atoms with Crippen molar-refractivity contribution in [1.82, 2.24) is 9.97 Å². The molecule has 0 aliphatic rings. The van der Waals surface area contributed by atoms with Gasteiger partial charge in [-0.3, -0.25) is 0 Å². The third kappa shape index (κ3) is 1.98. The van der Waals surface area contributed by atoms with Gasteiger partial charge in [-0.05, 0) is 37.1 Å². The van der Waals surface area contributed by atoms with E-state index in [4.69, 9.17) is 4.74 Å². The smallest absolute Gasteiger partial charge is 0.200 e. The van der Waals surface area contributed by atoms with Crippen LogP contribution in [-0.2, 0) is 0 Å². The molecule has 0 amide bonds. The van der Waals surface area contributed by atoms with E-state index in [2.05, 4.69) is 29.1 Å². The first-order valence-corrected chi connectivity index (χ1v) is 5.54. The van der Waals surface area contributed by atoms with Gasteiger partial charge in [0.25, 0.3) is 0 Å². The summed E-state index contributed by atoms with van der Waals surface area (Å²) in [5.74, 6) is 1.69. The molecule has 17 heavy (non-hydrogen) atoms. The Hall–Kier alpha value is -1.97. The zero-order valence-electron chi connectivity index (χ0n) is 10.6. The number of imidazole rings is 1. The molecule has 2 aromatic rings. The Morgan fingerprint density at radius 1 is 1.24 bits per heavy atom. The standard InChI is InChI=1S/C13H17N3O/c1-8-9(2)12(17-4)6-5-10(8)11-7-15-13(14-3)16-11/h5-7H,1-4H3,(H2,14,15,16). The van der Waals surface area contributed by atoms with Gasteiger partial charge >= 0.3 is 0 Å². The number of nitrogens with one attached hydrogen (secondary N) is 2. The van der Waals surface area contributed by atoms with Crippen molar-refractivity contribution >= 4 is 5.95 Å². The highest BCUT2D eigenvalue weighted by atomic mass is 16.5. The van der Waals surface area contributed by atoms with E-state index in [0.717, 1.165) is 28.5 Å². The summed E-state index contributed by atoms with van der Waals surface area (Å²) in [5, 5.41) is 2.98. The van der Waals surface area contributed by atoms with Gasteiger partial charge in [0, 0.05) is 12.6 Å². The maximum absolute atomic E-state index is 5.30. The summed E-state index contributed by atoms with van der Waals surface area (Å²) < 4.78 is 5.30. The molecule has 1 heterocycles. The van der Waals surface area contributed by atoms with Gasteiger partial charge in [-0.15, -0.1) is 0 Å². The number of methoxy groups -OCH3 is 1. The second kappa shape index (κ2) is 4.49. The van der Waals surface area contributed by atoms with Gasteiger partial charge in [-0.2, -0.15) is 0 Å². The molecular formula is C13H17N3O. The van der Waals surface area contributed by atoms with Crippen molar-refractivity contribution in [2.75, 3.05) is 19.5 Å². The molecule has 0 unspecified atom stereocenters. The summed E-state index contributed by atoms with van der Waals surface area (Å²) in [6.07, 6.45) is 1.83.